The monoisotopic (exact) mass is 464 g/mol. The summed E-state index contributed by atoms with van der Waals surface area (Å²) in [5.74, 6) is 3.55. The van der Waals surface area contributed by atoms with Crippen LogP contribution in [0, 0.1) is 5.92 Å². The van der Waals surface area contributed by atoms with E-state index >= 15 is 0 Å². The number of thioether (sulfide) groups is 1. The summed E-state index contributed by atoms with van der Waals surface area (Å²) in [6, 6.07) is 8.31. The fourth-order valence-electron chi connectivity index (χ4n) is 2.77. The van der Waals surface area contributed by atoms with Crippen LogP contribution >= 0.6 is 35.7 Å². The summed E-state index contributed by atoms with van der Waals surface area (Å²) in [4.78, 5) is 6.71. The summed E-state index contributed by atoms with van der Waals surface area (Å²) < 4.78 is 5.32. The van der Waals surface area contributed by atoms with Crippen molar-refractivity contribution in [1.82, 2.24) is 10.6 Å². The van der Waals surface area contributed by atoms with Crippen LogP contribution in [0.4, 0.5) is 5.69 Å². The zero-order valence-electron chi connectivity index (χ0n) is 14.7. The first-order valence-electron chi connectivity index (χ1n) is 8.09. The molecule has 2 N–H and O–H groups in total. The van der Waals surface area contributed by atoms with Gasteiger partial charge < -0.3 is 20.3 Å². The molecule has 0 spiro atoms. The Morgan fingerprint density at radius 1 is 1.42 bits per heavy atom. The molecule has 24 heavy (non-hydrogen) atoms. The summed E-state index contributed by atoms with van der Waals surface area (Å²) in [5, 5.41) is 6.78. The number of anilines is 1. The Kier molecular flexibility index (Phi) is 10.3. The van der Waals surface area contributed by atoms with Gasteiger partial charge in [-0.05, 0) is 30.7 Å². The van der Waals surface area contributed by atoms with Crippen LogP contribution in [-0.2, 0) is 0 Å². The molecule has 1 heterocycles. The summed E-state index contributed by atoms with van der Waals surface area (Å²) in [6.45, 7) is 4.07. The van der Waals surface area contributed by atoms with Crippen molar-refractivity contribution in [2.24, 2.45) is 10.9 Å². The third-order valence-electron chi connectivity index (χ3n) is 4.08. The van der Waals surface area contributed by atoms with Crippen molar-refractivity contribution in [1.29, 1.82) is 0 Å². The Labute approximate surface area is 167 Å². The van der Waals surface area contributed by atoms with Crippen LogP contribution < -0.4 is 20.3 Å². The van der Waals surface area contributed by atoms with Gasteiger partial charge in [0.2, 0.25) is 0 Å². The van der Waals surface area contributed by atoms with Crippen LogP contribution in [0.2, 0.25) is 0 Å². The molecule has 5 nitrogen and oxygen atoms in total. The molecule has 0 aromatic heterocycles. The Morgan fingerprint density at radius 2 is 2.25 bits per heavy atom. The van der Waals surface area contributed by atoms with Gasteiger partial charge >= 0.3 is 0 Å². The van der Waals surface area contributed by atoms with Gasteiger partial charge in [0.1, 0.15) is 5.75 Å². The van der Waals surface area contributed by atoms with Crippen LogP contribution in [0.5, 0.6) is 5.75 Å². The van der Waals surface area contributed by atoms with E-state index in [1.165, 1.54) is 12.1 Å². The number of nitrogens with one attached hydrogen (secondary N) is 2. The van der Waals surface area contributed by atoms with Crippen molar-refractivity contribution in [3.05, 3.63) is 24.3 Å². The van der Waals surface area contributed by atoms with Crippen LogP contribution in [0.25, 0.3) is 0 Å². The molecule has 0 saturated carbocycles. The minimum Gasteiger partial charge on any atom is -0.497 e. The lowest BCUT2D eigenvalue weighted by Crippen LogP contribution is -2.41. The standard InChI is InChI=1S/C17H28N4OS.HI/c1-18-17(19-8-10-23-3)20-12-14-7-9-21(13-14)15-5-4-6-16(11-15)22-2;/h4-6,11,14H,7-10,12-13H2,1-3H3,(H2,18,19,20);1H. The number of benzene rings is 1. The molecule has 2 rings (SSSR count). The minimum atomic E-state index is 0. The van der Waals surface area contributed by atoms with Crippen LogP contribution in [-0.4, -0.2) is 58.3 Å². The van der Waals surface area contributed by atoms with Gasteiger partial charge in [-0.25, -0.2) is 0 Å². The molecule has 0 aliphatic carbocycles. The Bertz CT molecular complexity index is 515. The molecule has 136 valence electrons. The van der Waals surface area contributed by atoms with Gasteiger partial charge in [-0.1, -0.05) is 6.07 Å². The number of aliphatic imine (C=N–C) groups is 1. The first-order valence-corrected chi connectivity index (χ1v) is 9.48. The second-order valence-electron chi connectivity index (χ2n) is 5.67. The van der Waals surface area contributed by atoms with E-state index in [9.17, 15) is 0 Å². The number of guanidine groups is 1. The zero-order valence-corrected chi connectivity index (χ0v) is 17.9. The quantitative estimate of drug-likeness (QED) is 0.281. The number of hydrogen-bond donors (Lipinski definition) is 2. The fraction of sp³-hybridized carbons (Fsp3) is 0.588. The lowest BCUT2D eigenvalue weighted by atomic mass is 10.1. The average Bonchev–Trinajstić information content (AvgIpc) is 3.07. The maximum Gasteiger partial charge on any atom is 0.191 e. The first kappa shape index (κ1) is 21.2. The highest BCUT2D eigenvalue weighted by atomic mass is 127. The number of nitrogens with zero attached hydrogens (tertiary/aromatic N) is 2. The lowest BCUT2D eigenvalue weighted by Gasteiger charge is -2.20. The van der Waals surface area contributed by atoms with Crippen molar-refractivity contribution in [2.45, 2.75) is 6.42 Å². The normalized spacial score (nSPS) is 17.4. The molecule has 7 heteroatoms. The molecular weight excluding hydrogens is 435 g/mol. The van der Waals surface area contributed by atoms with Gasteiger partial charge in [0, 0.05) is 50.7 Å². The third-order valence-corrected chi connectivity index (χ3v) is 4.70. The minimum absolute atomic E-state index is 0. The highest BCUT2D eigenvalue weighted by molar-refractivity contribution is 14.0. The smallest absolute Gasteiger partial charge is 0.191 e. The van der Waals surface area contributed by atoms with E-state index in [1.54, 1.807) is 7.11 Å². The largest absolute Gasteiger partial charge is 0.497 e. The maximum absolute atomic E-state index is 5.32. The molecule has 1 aliphatic heterocycles. The Morgan fingerprint density at radius 3 is 2.96 bits per heavy atom. The van der Waals surface area contributed by atoms with Crippen LogP contribution in [0.15, 0.2) is 29.3 Å². The van der Waals surface area contributed by atoms with E-state index in [4.69, 9.17) is 4.74 Å². The molecule has 1 aromatic rings. The van der Waals surface area contributed by atoms with Gasteiger partial charge in [-0.2, -0.15) is 11.8 Å². The van der Waals surface area contributed by atoms with E-state index < -0.39 is 0 Å². The van der Waals surface area contributed by atoms with Gasteiger partial charge in [0.15, 0.2) is 5.96 Å². The number of ether oxygens (including phenoxy) is 1. The van der Waals surface area contributed by atoms with Gasteiger partial charge in [-0.3, -0.25) is 4.99 Å². The number of hydrogen-bond acceptors (Lipinski definition) is 4. The van der Waals surface area contributed by atoms with E-state index in [0.717, 1.165) is 43.6 Å². The lowest BCUT2D eigenvalue weighted by molar-refractivity contribution is 0.415. The molecular formula is C17H29IN4OS. The fourth-order valence-corrected chi connectivity index (χ4v) is 3.08. The predicted molar refractivity (Wildman–Crippen MR) is 116 cm³/mol. The van der Waals surface area contributed by atoms with Crippen molar-refractivity contribution >= 4 is 47.4 Å². The van der Waals surface area contributed by atoms with Crippen molar-refractivity contribution in [2.75, 3.05) is 57.2 Å². The van der Waals surface area contributed by atoms with Crippen molar-refractivity contribution < 1.29 is 4.74 Å². The molecule has 1 atom stereocenters. The summed E-state index contributed by atoms with van der Waals surface area (Å²) in [5.41, 5.74) is 1.24. The predicted octanol–water partition coefficient (Wildman–Crippen LogP) is 2.67. The van der Waals surface area contributed by atoms with Crippen molar-refractivity contribution in [3.63, 3.8) is 0 Å². The van der Waals surface area contributed by atoms with E-state index in [-0.39, 0.29) is 24.0 Å². The Balaban J connectivity index is 0.00000288. The van der Waals surface area contributed by atoms with Gasteiger partial charge in [-0.15, -0.1) is 24.0 Å². The number of halogens is 1. The summed E-state index contributed by atoms with van der Waals surface area (Å²) in [7, 11) is 3.54. The van der Waals surface area contributed by atoms with E-state index in [0.29, 0.717) is 5.92 Å². The van der Waals surface area contributed by atoms with Gasteiger partial charge in [0.05, 0.1) is 7.11 Å². The highest BCUT2D eigenvalue weighted by Gasteiger charge is 2.23. The molecule has 0 bridgehead atoms. The number of rotatable bonds is 7. The highest BCUT2D eigenvalue weighted by Crippen LogP contribution is 2.26. The molecule has 1 fully saturated rings. The van der Waals surface area contributed by atoms with E-state index in [1.807, 2.05) is 24.9 Å². The first-order chi connectivity index (χ1) is 11.3. The maximum atomic E-state index is 5.32. The van der Waals surface area contributed by atoms with E-state index in [2.05, 4.69) is 45.0 Å². The average molecular weight is 464 g/mol. The molecule has 1 aliphatic rings. The molecule has 1 aromatic carbocycles. The zero-order chi connectivity index (χ0) is 16.5. The topological polar surface area (TPSA) is 48.9 Å². The molecule has 1 saturated heterocycles. The van der Waals surface area contributed by atoms with Crippen LogP contribution in [0.1, 0.15) is 6.42 Å². The molecule has 1 unspecified atom stereocenters. The van der Waals surface area contributed by atoms with Crippen LogP contribution in [0.3, 0.4) is 0 Å². The summed E-state index contributed by atoms with van der Waals surface area (Å²) in [6.07, 6.45) is 3.32. The number of methoxy groups -OCH3 is 1. The second kappa shape index (κ2) is 11.7. The second-order valence-corrected chi connectivity index (χ2v) is 6.66. The molecule has 0 amide bonds. The van der Waals surface area contributed by atoms with Gasteiger partial charge in [0.25, 0.3) is 0 Å². The van der Waals surface area contributed by atoms with Crippen molar-refractivity contribution in [3.8, 4) is 5.75 Å². The third kappa shape index (κ3) is 6.58. The summed E-state index contributed by atoms with van der Waals surface area (Å²) >= 11 is 1.84. The Hall–Kier alpha value is -0.830. The molecule has 0 radical (unpaired) electrons. The SMILES string of the molecule is CN=C(NCCSC)NCC1CCN(c2cccc(OC)c2)C1.I.